The Morgan fingerprint density at radius 3 is 1.26 bits per heavy atom. The van der Waals surface area contributed by atoms with Crippen LogP contribution in [0.5, 0.6) is 11.5 Å². The molecule has 4 aromatic rings. The fraction of sp³-hybridized carbons (Fsp3) is 0.235. The first-order valence-electron chi connectivity index (χ1n) is 13.5. The van der Waals surface area contributed by atoms with E-state index in [1.54, 1.807) is 12.4 Å². The van der Waals surface area contributed by atoms with Gasteiger partial charge in [0.15, 0.2) is 0 Å². The molecular weight excluding hydrogens is 468 g/mol. The SMILES string of the molecule is C(=C\c1ccccn1)/c1ccc(OCCCCCCCCOc2ccc(/C=C/c3ccccn3)cc2)cc1. The van der Waals surface area contributed by atoms with E-state index in [2.05, 4.69) is 46.4 Å². The summed E-state index contributed by atoms with van der Waals surface area (Å²) in [5, 5.41) is 0. The van der Waals surface area contributed by atoms with E-state index in [4.69, 9.17) is 9.47 Å². The first kappa shape index (κ1) is 26.9. The number of ether oxygens (including phenoxy) is 2. The lowest BCUT2D eigenvalue weighted by Crippen LogP contribution is -1.98. The van der Waals surface area contributed by atoms with Crippen molar-refractivity contribution in [2.24, 2.45) is 0 Å². The molecule has 0 amide bonds. The Kier molecular flexibility index (Phi) is 11.2. The maximum Gasteiger partial charge on any atom is 0.119 e. The standard InChI is InChI=1S/C34H36N2O2/c1(3-9-27-37-33-21-15-29(16-22-33)13-19-31-11-5-7-25-35-31)2-4-10-28-38-34-23-17-30(18-24-34)14-20-32-12-6-8-26-36-32/h5-8,11-26H,1-4,9-10,27-28H2/b19-13+,20-14+. The average Bonchev–Trinajstić information content (AvgIpc) is 2.98. The minimum Gasteiger partial charge on any atom is -0.494 e. The highest BCUT2D eigenvalue weighted by molar-refractivity contribution is 5.68. The minimum atomic E-state index is 0.763. The zero-order chi connectivity index (χ0) is 26.1. The van der Waals surface area contributed by atoms with Crippen LogP contribution in [0.15, 0.2) is 97.3 Å². The third-order valence-corrected chi connectivity index (χ3v) is 6.10. The van der Waals surface area contributed by atoms with Gasteiger partial charge in [0.1, 0.15) is 11.5 Å². The Morgan fingerprint density at radius 2 is 0.868 bits per heavy atom. The van der Waals surface area contributed by atoms with Gasteiger partial charge < -0.3 is 9.47 Å². The first-order valence-corrected chi connectivity index (χ1v) is 13.5. The average molecular weight is 505 g/mol. The first-order chi connectivity index (χ1) is 18.8. The van der Waals surface area contributed by atoms with E-state index in [0.29, 0.717) is 0 Å². The number of hydrogen-bond acceptors (Lipinski definition) is 4. The maximum absolute atomic E-state index is 5.90. The minimum absolute atomic E-state index is 0.763. The third kappa shape index (κ3) is 10.1. The molecule has 194 valence electrons. The van der Waals surface area contributed by atoms with E-state index in [1.807, 2.05) is 72.8 Å². The number of nitrogens with zero attached hydrogens (tertiary/aromatic N) is 2. The molecule has 0 unspecified atom stereocenters. The predicted molar refractivity (Wildman–Crippen MR) is 158 cm³/mol. The molecule has 0 aliphatic heterocycles. The van der Waals surface area contributed by atoms with E-state index >= 15 is 0 Å². The van der Waals surface area contributed by atoms with Gasteiger partial charge in [-0.1, -0.05) is 74.2 Å². The summed E-state index contributed by atoms with van der Waals surface area (Å²) in [6, 6.07) is 28.2. The van der Waals surface area contributed by atoms with Crippen molar-refractivity contribution in [2.75, 3.05) is 13.2 Å². The lowest BCUT2D eigenvalue weighted by atomic mass is 10.1. The van der Waals surface area contributed by atoms with Gasteiger partial charge in [-0.15, -0.1) is 0 Å². The molecule has 0 atom stereocenters. The van der Waals surface area contributed by atoms with Crippen molar-refractivity contribution in [1.82, 2.24) is 9.97 Å². The molecule has 0 N–H and O–H groups in total. The largest absolute Gasteiger partial charge is 0.494 e. The molecule has 0 radical (unpaired) electrons. The van der Waals surface area contributed by atoms with Crippen LogP contribution in [0.25, 0.3) is 24.3 Å². The van der Waals surface area contributed by atoms with Crippen molar-refractivity contribution in [3.8, 4) is 11.5 Å². The van der Waals surface area contributed by atoms with Crippen LogP contribution in [0.4, 0.5) is 0 Å². The molecular formula is C34H36N2O2. The van der Waals surface area contributed by atoms with Gasteiger partial charge in [0.25, 0.3) is 0 Å². The van der Waals surface area contributed by atoms with E-state index in [9.17, 15) is 0 Å². The fourth-order valence-corrected chi connectivity index (χ4v) is 3.95. The van der Waals surface area contributed by atoms with Gasteiger partial charge >= 0.3 is 0 Å². The number of rotatable bonds is 15. The molecule has 38 heavy (non-hydrogen) atoms. The van der Waals surface area contributed by atoms with Gasteiger partial charge in [0.2, 0.25) is 0 Å². The van der Waals surface area contributed by atoms with Crippen LogP contribution in [0.2, 0.25) is 0 Å². The Morgan fingerprint density at radius 1 is 0.447 bits per heavy atom. The molecule has 0 saturated carbocycles. The number of hydrogen-bond donors (Lipinski definition) is 0. The summed E-state index contributed by atoms with van der Waals surface area (Å²) in [5.74, 6) is 1.85. The summed E-state index contributed by atoms with van der Waals surface area (Å²) >= 11 is 0. The Bertz CT molecular complexity index is 1130. The highest BCUT2D eigenvalue weighted by atomic mass is 16.5. The van der Waals surface area contributed by atoms with Crippen molar-refractivity contribution in [3.05, 3.63) is 120 Å². The molecule has 0 saturated heterocycles. The van der Waals surface area contributed by atoms with E-state index in [1.165, 1.54) is 25.7 Å². The normalized spacial score (nSPS) is 11.3. The molecule has 0 aliphatic carbocycles. The Hall–Kier alpha value is -4.18. The van der Waals surface area contributed by atoms with Gasteiger partial charge in [-0.3, -0.25) is 9.97 Å². The second kappa shape index (κ2) is 15.8. The monoisotopic (exact) mass is 504 g/mol. The highest BCUT2D eigenvalue weighted by Gasteiger charge is 1.98. The van der Waals surface area contributed by atoms with Crippen molar-refractivity contribution in [2.45, 2.75) is 38.5 Å². The van der Waals surface area contributed by atoms with E-state index in [0.717, 1.165) is 60.1 Å². The Balaban J connectivity index is 1.00. The zero-order valence-electron chi connectivity index (χ0n) is 21.9. The number of benzene rings is 2. The van der Waals surface area contributed by atoms with Gasteiger partial charge in [-0.05, 0) is 84.7 Å². The Labute approximate surface area is 226 Å². The predicted octanol–water partition coefficient (Wildman–Crippen LogP) is 8.62. The van der Waals surface area contributed by atoms with Gasteiger partial charge in [0.05, 0.1) is 24.6 Å². The maximum atomic E-state index is 5.90. The van der Waals surface area contributed by atoms with Crippen molar-refractivity contribution >= 4 is 24.3 Å². The topological polar surface area (TPSA) is 44.2 Å². The van der Waals surface area contributed by atoms with Crippen LogP contribution in [0.3, 0.4) is 0 Å². The number of pyridine rings is 2. The molecule has 0 fully saturated rings. The molecule has 2 aromatic heterocycles. The van der Waals surface area contributed by atoms with Crippen LogP contribution in [-0.2, 0) is 0 Å². The molecule has 2 aromatic carbocycles. The lowest BCUT2D eigenvalue weighted by Gasteiger charge is -2.07. The molecule has 2 heterocycles. The number of aromatic nitrogens is 2. The summed E-state index contributed by atoms with van der Waals surface area (Å²) in [6.07, 6.45) is 18.8. The van der Waals surface area contributed by atoms with Crippen LogP contribution >= 0.6 is 0 Å². The summed E-state index contributed by atoms with van der Waals surface area (Å²) in [7, 11) is 0. The number of unbranched alkanes of at least 4 members (excludes halogenated alkanes) is 5. The molecule has 0 bridgehead atoms. The molecule has 4 rings (SSSR count). The second-order valence-electron chi connectivity index (χ2n) is 9.13. The lowest BCUT2D eigenvalue weighted by molar-refractivity contribution is 0.297. The van der Waals surface area contributed by atoms with Crippen molar-refractivity contribution in [3.63, 3.8) is 0 Å². The fourth-order valence-electron chi connectivity index (χ4n) is 3.95. The summed E-state index contributed by atoms with van der Waals surface area (Å²) in [5.41, 5.74) is 4.18. The molecule has 0 aliphatic rings. The van der Waals surface area contributed by atoms with Crippen LogP contribution in [0.1, 0.15) is 61.0 Å². The second-order valence-corrected chi connectivity index (χ2v) is 9.13. The molecule has 4 nitrogen and oxygen atoms in total. The van der Waals surface area contributed by atoms with Gasteiger partial charge in [0, 0.05) is 12.4 Å². The smallest absolute Gasteiger partial charge is 0.119 e. The van der Waals surface area contributed by atoms with Crippen LogP contribution < -0.4 is 9.47 Å². The van der Waals surface area contributed by atoms with E-state index in [-0.39, 0.29) is 0 Å². The van der Waals surface area contributed by atoms with Gasteiger partial charge in [-0.25, -0.2) is 0 Å². The van der Waals surface area contributed by atoms with Crippen molar-refractivity contribution in [1.29, 1.82) is 0 Å². The summed E-state index contributed by atoms with van der Waals surface area (Å²) < 4.78 is 11.8. The van der Waals surface area contributed by atoms with Crippen LogP contribution in [0, 0.1) is 0 Å². The van der Waals surface area contributed by atoms with E-state index < -0.39 is 0 Å². The summed E-state index contributed by atoms with van der Waals surface area (Å²) in [6.45, 7) is 1.53. The van der Waals surface area contributed by atoms with Gasteiger partial charge in [-0.2, -0.15) is 0 Å². The van der Waals surface area contributed by atoms with Crippen LogP contribution in [-0.4, -0.2) is 23.2 Å². The third-order valence-electron chi connectivity index (χ3n) is 6.10. The highest BCUT2D eigenvalue weighted by Crippen LogP contribution is 2.17. The molecule has 0 spiro atoms. The quantitative estimate of drug-likeness (QED) is 0.152. The zero-order valence-corrected chi connectivity index (χ0v) is 21.9. The molecule has 4 heteroatoms. The summed E-state index contributed by atoms with van der Waals surface area (Å²) in [4.78, 5) is 8.61. The van der Waals surface area contributed by atoms with Crippen molar-refractivity contribution < 1.29 is 9.47 Å².